The quantitative estimate of drug-likeness (QED) is 0.391. The minimum atomic E-state index is -1.60. The lowest BCUT2D eigenvalue weighted by atomic mass is 9.91. The smallest absolute Gasteiger partial charge is 0.336 e. The Balaban J connectivity index is 1.67. The van der Waals surface area contributed by atoms with Gasteiger partial charge >= 0.3 is 11.6 Å². The van der Waals surface area contributed by atoms with Crippen molar-refractivity contribution in [2.24, 2.45) is 0 Å². The van der Waals surface area contributed by atoms with Gasteiger partial charge in [0.25, 0.3) is 0 Å². The van der Waals surface area contributed by atoms with E-state index >= 15 is 0 Å². The molecule has 2 heterocycles. The average Bonchev–Trinajstić information content (AvgIpc) is 2.91. The molecule has 0 bridgehead atoms. The van der Waals surface area contributed by atoms with Gasteiger partial charge in [-0.3, -0.25) is 0 Å². The Morgan fingerprint density at radius 2 is 2.04 bits per heavy atom. The monoisotopic (exact) mass is 376 g/mol. The van der Waals surface area contributed by atoms with E-state index in [9.17, 15) is 24.9 Å². The predicted octanol–water partition coefficient (Wildman–Crippen LogP) is 1.25. The van der Waals surface area contributed by atoms with Crippen LogP contribution in [0.3, 0.4) is 0 Å². The third kappa shape index (κ3) is 3.96. The van der Waals surface area contributed by atoms with Crippen LogP contribution in [-0.4, -0.2) is 45.7 Å². The average molecular weight is 376 g/mol. The van der Waals surface area contributed by atoms with Gasteiger partial charge < -0.3 is 29.2 Å². The molecule has 0 saturated carbocycles. The number of rotatable bonds is 6. The van der Waals surface area contributed by atoms with Crippen LogP contribution >= 0.6 is 0 Å². The highest BCUT2D eigenvalue weighted by atomic mass is 16.6. The number of hydrogen-bond donors (Lipinski definition) is 3. The van der Waals surface area contributed by atoms with Gasteiger partial charge in [-0.2, -0.15) is 0 Å². The first-order valence-corrected chi connectivity index (χ1v) is 8.35. The Labute approximate surface area is 154 Å². The topological polar surface area (TPSA) is 126 Å². The minimum Gasteiger partial charge on any atom is -0.502 e. The summed E-state index contributed by atoms with van der Waals surface area (Å²) in [5.41, 5.74) is -1.93. The van der Waals surface area contributed by atoms with Crippen LogP contribution in [0.5, 0.6) is 11.5 Å². The van der Waals surface area contributed by atoms with Gasteiger partial charge in [-0.1, -0.05) is 6.58 Å². The molecule has 2 aromatic rings. The maximum absolute atomic E-state index is 11.4. The standard InChI is InChI=1S/C19H20O8/c1-10-7-12(26-18(10)23)8-19(2,24)14(20)9-25-13-5-3-11-4-6-15(21)27-17(11)16(13)22/h3-6,12,14,20,22,24H,1,7-9H2,2H3/t12-,14-,19-/m1/s1. The summed E-state index contributed by atoms with van der Waals surface area (Å²) < 4.78 is 15.4. The van der Waals surface area contributed by atoms with Crippen molar-refractivity contribution < 1.29 is 34.0 Å². The van der Waals surface area contributed by atoms with E-state index < -0.39 is 29.4 Å². The van der Waals surface area contributed by atoms with Crippen LogP contribution in [-0.2, 0) is 9.53 Å². The first-order chi connectivity index (χ1) is 12.7. The second-order valence-corrected chi connectivity index (χ2v) is 6.81. The molecule has 3 atom stereocenters. The van der Waals surface area contributed by atoms with Crippen molar-refractivity contribution >= 4 is 16.9 Å². The molecule has 27 heavy (non-hydrogen) atoms. The fourth-order valence-electron chi connectivity index (χ4n) is 2.91. The molecule has 8 heteroatoms. The van der Waals surface area contributed by atoms with E-state index in [4.69, 9.17) is 13.9 Å². The van der Waals surface area contributed by atoms with Crippen LogP contribution in [0.25, 0.3) is 11.0 Å². The fraction of sp³-hybridized carbons (Fsp3) is 0.368. The number of esters is 1. The number of phenolic OH excluding ortho intramolecular Hbond substituents is 1. The summed E-state index contributed by atoms with van der Waals surface area (Å²) >= 11 is 0. The van der Waals surface area contributed by atoms with Crippen LogP contribution < -0.4 is 10.4 Å². The lowest BCUT2D eigenvalue weighted by Crippen LogP contribution is -2.45. The van der Waals surface area contributed by atoms with E-state index in [-0.39, 0.29) is 36.5 Å². The van der Waals surface area contributed by atoms with Gasteiger partial charge in [-0.05, 0) is 25.1 Å². The number of aliphatic hydroxyl groups is 2. The number of hydrogen-bond acceptors (Lipinski definition) is 8. The number of ether oxygens (including phenoxy) is 2. The Kier molecular flexibility index (Phi) is 4.95. The fourth-order valence-corrected chi connectivity index (χ4v) is 2.91. The zero-order valence-corrected chi connectivity index (χ0v) is 14.7. The number of benzene rings is 1. The van der Waals surface area contributed by atoms with Gasteiger partial charge in [0, 0.05) is 29.9 Å². The molecule has 0 unspecified atom stereocenters. The second-order valence-electron chi connectivity index (χ2n) is 6.81. The molecule has 0 radical (unpaired) electrons. The van der Waals surface area contributed by atoms with Gasteiger partial charge in [0.1, 0.15) is 18.8 Å². The van der Waals surface area contributed by atoms with E-state index in [0.29, 0.717) is 11.0 Å². The molecular formula is C19H20O8. The third-order valence-electron chi connectivity index (χ3n) is 4.52. The first kappa shape index (κ1) is 18.9. The predicted molar refractivity (Wildman–Crippen MR) is 94.5 cm³/mol. The molecule has 1 aromatic heterocycles. The molecule has 1 aliphatic heterocycles. The molecule has 1 aliphatic rings. The van der Waals surface area contributed by atoms with Crippen molar-refractivity contribution in [3.05, 3.63) is 46.8 Å². The number of aliphatic hydroxyl groups excluding tert-OH is 1. The molecule has 8 nitrogen and oxygen atoms in total. The van der Waals surface area contributed by atoms with E-state index in [1.54, 1.807) is 6.07 Å². The number of cyclic esters (lactones) is 1. The van der Waals surface area contributed by atoms with Crippen LogP contribution in [0.2, 0.25) is 0 Å². The van der Waals surface area contributed by atoms with Crippen LogP contribution in [0.15, 0.2) is 45.6 Å². The van der Waals surface area contributed by atoms with Gasteiger partial charge in [-0.25, -0.2) is 9.59 Å². The lowest BCUT2D eigenvalue weighted by molar-refractivity contribution is -0.144. The molecule has 0 aliphatic carbocycles. The molecular weight excluding hydrogens is 356 g/mol. The van der Waals surface area contributed by atoms with Crippen LogP contribution in [0, 0.1) is 0 Å². The molecule has 1 fully saturated rings. The summed E-state index contributed by atoms with van der Waals surface area (Å²) in [6.07, 6.45) is -1.62. The zero-order valence-electron chi connectivity index (χ0n) is 14.7. The van der Waals surface area contributed by atoms with E-state index in [2.05, 4.69) is 6.58 Å². The van der Waals surface area contributed by atoms with Crippen LogP contribution in [0.1, 0.15) is 19.8 Å². The Bertz CT molecular complexity index is 926. The van der Waals surface area contributed by atoms with Crippen molar-refractivity contribution in [1.82, 2.24) is 0 Å². The molecule has 3 rings (SSSR count). The number of carbonyl (C=O) groups is 1. The largest absolute Gasteiger partial charge is 0.502 e. The van der Waals surface area contributed by atoms with Gasteiger partial charge in [-0.15, -0.1) is 0 Å². The summed E-state index contributed by atoms with van der Waals surface area (Å²) in [5, 5.41) is 31.5. The van der Waals surface area contributed by atoms with Crippen molar-refractivity contribution in [1.29, 1.82) is 0 Å². The third-order valence-corrected chi connectivity index (χ3v) is 4.52. The van der Waals surface area contributed by atoms with E-state index in [1.165, 1.54) is 25.1 Å². The zero-order chi connectivity index (χ0) is 19.8. The van der Waals surface area contributed by atoms with Crippen molar-refractivity contribution in [3.63, 3.8) is 0 Å². The minimum absolute atomic E-state index is 0.000857. The Morgan fingerprint density at radius 1 is 1.33 bits per heavy atom. The van der Waals surface area contributed by atoms with Crippen LogP contribution in [0.4, 0.5) is 0 Å². The maximum atomic E-state index is 11.4. The lowest BCUT2D eigenvalue weighted by Gasteiger charge is -2.30. The van der Waals surface area contributed by atoms with Crippen molar-refractivity contribution in [2.75, 3.05) is 6.61 Å². The highest BCUT2D eigenvalue weighted by Crippen LogP contribution is 2.34. The molecule has 0 spiro atoms. The SMILES string of the molecule is C=C1C[C@H](C[C@@](C)(O)[C@H](O)COc2ccc3ccc(=O)oc3c2O)OC1=O. The number of aromatic hydroxyl groups is 1. The van der Waals surface area contributed by atoms with Gasteiger partial charge in [0.2, 0.25) is 5.75 Å². The summed E-state index contributed by atoms with van der Waals surface area (Å²) in [4.78, 5) is 22.7. The van der Waals surface area contributed by atoms with Crippen molar-refractivity contribution in [3.8, 4) is 11.5 Å². The Morgan fingerprint density at radius 3 is 2.70 bits per heavy atom. The summed E-state index contributed by atoms with van der Waals surface area (Å²) in [6.45, 7) is 4.63. The molecule has 3 N–H and O–H groups in total. The number of phenols is 1. The highest BCUT2D eigenvalue weighted by molar-refractivity contribution is 5.89. The second kappa shape index (κ2) is 7.05. The van der Waals surface area contributed by atoms with E-state index in [0.717, 1.165) is 0 Å². The molecule has 1 saturated heterocycles. The molecule has 1 aromatic carbocycles. The summed E-state index contributed by atoms with van der Waals surface area (Å²) in [5.74, 6) is -0.894. The molecule has 0 amide bonds. The first-order valence-electron chi connectivity index (χ1n) is 8.35. The highest BCUT2D eigenvalue weighted by Gasteiger charge is 2.38. The normalized spacial score (nSPS) is 20.3. The summed E-state index contributed by atoms with van der Waals surface area (Å²) in [7, 11) is 0. The molecule has 144 valence electrons. The number of carbonyl (C=O) groups excluding carboxylic acids is 1. The van der Waals surface area contributed by atoms with Gasteiger partial charge in [0.05, 0.1) is 5.60 Å². The van der Waals surface area contributed by atoms with E-state index in [1.807, 2.05) is 0 Å². The maximum Gasteiger partial charge on any atom is 0.336 e. The van der Waals surface area contributed by atoms with Crippen molar-refractivity contribution in [2.45, 2.75) is 37.6 Å². The number of fused-ring (bicyclic) bond motifs is 1. The van der Waals surface area contributed by atoms with Gasteiger partial charge in [0.15, 0.2) is 11.3 Å². The summed E-state index contributed by atoms with van der Waals surface area (Å²) in [6, 6.07) is 5.78. The Hall–Kier alpha value is -2.84.